The molecule has 2 nitrogen and oxygen atoms in total. The minimum Gasteiger partial charge on any atom is -0.302 e. The molecule has 0 heterocycles. The number of hydrogen-bond acceptors (Lipinski definition) is 1. The van der Waals surface area contributed by atoms with Crippen molar-refractivity contribution < 1.29 is 21.9 Å². The Bertz CT molecular complexity index is 478. The first-order valence-electron chi connectivity index (χ1n) is 5.07. The predicted octanol–water partition coefficient (Wildman–Crippen LogP) is 3.17. The Kier molecular flexibility index (Phi) is 2.82. The molecule has 1 aromatic carbocycles. The quantitative estimate of drug-likeness (QED) is 0.833. The Morgan fingerprint density at radius 1 is 1.35 bits per heavy atom. The van der Waals surface area contributed by atoms with E-state index >= 15 is 0 Å². The van der Waals surface area contributed by atoms with Crippen molar-refractivity contribution in [2.24, 2.45) is 0 Å². The molecule has 1 N–H and O–H groups in total. The predicted molar refractivity (Wildman–Crippen MR) is 57.2 cm³/mol. The Labute approximate surface area is 99.1 Å². The van der Waals surface area contributed by atoms with Crippen LogP contribution in [-0.4, -0.2) is 14.9 Å². The summed E-state index contributed by atoms with van der Waals surface area (Å²) in [5, 5.41) is 0. The van der Waals surface area contributed by atoms with Crippen molar-refractivity contribution >= 4 is 11.1 Å². The number of aryl methyl sites for hydroxylation is 1. The number of halogens is 3. The lowest BCUT2D eigenvalue weighted by Gasteiger charge is -2.21. The first kappa shape index (κ1) is 12.6. The van der Waals surface area contributed by atoms with Gasteiger partial charge in [0.05, 0.1) is 10.3 Å². The van der Waals surface area contributed by atoms with Gasteiger partial charge in [0, 0.05) is 0 Å². The van der Waals surface area contributed by atoms with Gasteiger partial charge in [0.1, 0.15) is 0 Å². The number of hydrogen-bond donors (Lipinski definition) is 1. The molecule has 0 saturated heterocycles. The fraction of sp³-hybridized carbons (Fsp3) is 0.455. The van der Waals surface area contributed by atoms with Crippen LogP contribution < -0.4 is 0 Å². The van der Waals surface area contributed by atoms with Crippen LogP contribution in [0.4, 0.5) is 13.2 Å². The van der Waals surface area contributed by atoms with Crippen molar-refractivity contribution in [1.29, 1.82) is 0 Å². The van der Waals surface area contributed by atoms with Gasteiger partial charge in [-0.2, -0.15) is 13.2 Å². The second-order valence-corrected chi connectivity index (χ2v) is 5.27. The van der Waals surface area contributed by atoms with Gasteiger partial charge in [-0.1, -0.05) is 17.7 Å². The van der Waals surface area contributed by atoms with Crippen molar-refractivity contribution in [1.82, 2.24) is 0 Å². The van der Waals surface area contributed by atoms with Gasteiger partial charge >= 0.3 is 6.18 Å². The summed E-state index contributed by atoms with van der Waals surface area (Å²) in [5.74, 6) is 0. The van der Waals surface area contributed by atoms with Crippen LogP contribution in [0.3, 0.4) is 0 Å². The second-order valence-electron chi connectivity index (χ2n) is 4.33. The molecule has 0 spiro atoms. The van der Waals surface area contributed by atoms with Gasteiger partial charge in [0.25, 0.3) is 0 Å². The summed E-state index contributed by atoms with van der Waals surface area (Å²) in [5.41, 5.74) is -1.30. The molecule has 1 unspecified atom stereocenters. The van der Waals surface area contributed by atoms with Crippen molar-refractivity contribution in [3.63, 3.8) is 0 Å². The highest BCUT2D eigenvalue weighted by Gasteiger charge is 2.65. The Morgan fingerprint density at radius 2 is 1.94 bits per heavy atom. The molecular weight excluding hydrogens is 253 g/mol. The number of benzene rings is 1. The van der Waals surface area contributed by atoms with E-state index in [0.29, 0.717) is 5.56 Å². The van der Waals surface area contributed by atoms with E-state index in [9.17, 15) is 17.4 Å². The van der Waals surface area contributed by atoms with E-state index in [0.717, 1.165) is 0 Å². The Balaban J connectivity index is 2.59. The molecule has 1 atom stereocenters. The lowest BCUT2D eigenvalue weighted by Crippen LogP contribution is -2.30. The van der Waals surface area contributed by atoms with E-state index in [-0.39, 0.29) is 23.3 Å². The van der Waals surface area contributed by atoms with Gasteiger partial charge in [0.15, 0.2) is 11.1 Å². The van der Waals surface area contributed by atoms with Crippen LogP contribution in [0.25, 0.3) is 0 Å². The van der Waals surface area contributed by atoms with Gasteiger partial charge in [-0.3, -0.25) is 0 Å². The smallest absolute Gasteiger partial charge is 0.302 e. The average molecular weight is 264 g/mol. The maximum atomic E-state index is 13.0. The minimum atomic E-state index is -4.37. The molecule has 1 aromatic rings. The summed E-state index contributed by atoms with van der Waals surface area (Å²) in [6.45, 7) is 1.67. The summed E-state index contributed by atoms with van der Waals surface area (Å²) in [7, 11) is 0. The fourth-order valence-corrected chi connectivity index (χ4v) is 2.63. The van der Waals surface area contributed by atoms with Gasteiger partial charge in [-0.05, 0) is 31.4 Å². The highest BCUT2D eigenvalue weighted by atomic mass is 32.2. The van der Waals surface area contributed by atoms with Crippen molar-refractivity contribution in [3.05, 3.63) is 29.3 Å². The van der Waals surface area contributed by atoms with E-state index < -0.39 is 22.7 Å². The molecule has 94 valence electrons. The zero-order chi connectivity index (χ0) is 12.8. The topological polar surface area (TPSA) is 37.3 Å². The van der Waals surface area contributed by atoms with Gasteiger partial charge < -0.3 is 4.55 Å². The molecular formula is C11H11F3O2S. The molecule has 0 radical (unpaired) electrons. The van der Waals surface area contributed by atoms with Gasteiger partial charge in [0.2, 0.25) is 0 Å². The van der Waals surface area contributed by atoms with Crippen LogP contribution in [0, 0.1) is 6.92 Å². The molecule has 0 amide bonds. The molecule has 6 heteroatoms. The third-order valence-electron chi connectivity index (χ3n) is 3.13. The lowest BCUT2D eigenvalue weighted by molar-refractivity contribution is -0.161. The van der Waals surface area contributed by atoms with E-state index in [4.69, 9.17) is 4.55 Å². The van der Waals surface area contributed by atoms with E-state index in [1.54, 1.807) is 13.0 Å². The molecule has 1 saturated carbocycles. The van der Waals surface area contributed by atoms with Crippen LogP contribution >= 0.6 is 0 Å². The summed E-state index contributed by atoms with van der Waals surface area (Å²) in [6.07, 6.45) is -4.39. The Hall–Kier alpha value is -0.880. The van der Waals surface area contributed by atoms with Crippen LogP contribution in [0.1, 0.15) is 24.0 Å². The number of rotatable bonds is 2. The van der Waals surface area contributed by atoms with E-state index in [2.05, 4.69) is 0 Å². The molecule has 1 fully saturated rings. The van der Waals surface area contributed by atoms with Gasteiger partial charge in [-0.25, -0.2) is 4.21 Å². The third-order valence-corrected chi connectivity index (χ3v) is 3.86. The van der Waals surface area contributed by atoms with Crippen LogP contribution in [0.2, 0.25) is 0 Å². The first-order valence-corrected chi connectivity index (χ1v) is 6.17. The SMILES string of the molecule is Cc1ccc(S(=O)O)c(C2(C(F)(F)F)CC2)c1. The molecule has 17 heavy (non-hydrogen) atoms. The molecule has 1 aliphatic rings. The largest absolute Gasteiger partial charge is 0.398 e. The molecule has 0 aromatic heterocycles. The van der Waals surface area contributed by atoms with E-state index in [1.807, 2.05) is 0 Å². The van der Waals surface area contributed by atoms with Crippen LogP contribution in [-0.2, 0) is 16.5 Å². The zero-order valence-corrected chi connectivity index (χ0v) is 9.86. The molecule has 0 bridgehead atoms. The van der Waals surface area contributed by atoms with Crippen molar-refractivity contribution in [3.8, 4) is 0 Å². The first-order chi connectivity index (χ1) is 7.78. The van der Waals surface area contributed by atoms with Crippen molar-refractivity contribution in [2.45, 2.75) is 36.3 Å². The molecule has 0 aliphatic heterocycles. The second kappa shape index (κ2) is 3.81. The van der Waals surface area contributed by atoms with Crippen LogP contribution in [0.5, 0.6) is 0 Å². The summed E-state index contributed by atoms with van der Waals surface area (Å²) >= 11 is -2.39. The highest BCUT2D eigenvalue weighted by molar-refractivity contribution is 7.79. The monoisotopic (exact) mass is 264 g/mol. The maximum Gasteiger partial charge on any atom is 0.398 e. The zero-order valence-electron chi connectivity index (χ0n) is 9.04. The highest BCUT2D eigenvalue weighted by Crippen LogP contribution is 2.60. The molecule has 2 rings (SSSR count). The van der Waals surface area contributed by atoms with Crippen LogP contribution in [0.15, 0.2) is 23.1 Å². The minimum absolute atomic E-state index is 0.00977. The normalized spacial score (nSPS) is 20.1. The number of alkyl halides is 3. The summed E-state index contributed by atoms with van der Waals surface area (Å²) in [6, 6.07) is 4.20. The summed E-state index contributed by atoms with van der Waals surface area (Å²) in [4.78, 5) is -0.134. The lowest BCUT2D eigenvalue weighted by atomic mass is 9.94. The third kappa shape index (κ3) is 1.99. The van der Waals surface area contributed by atoms with Crippen molar-refractivity contribution in [2.75, 3.05) is 0 Å². The van der Waals surface area contributed by atoms with E-state index in [1.165, 1.54) is 12.1 Å². The maximum absolute atomic E-state index is 13.0. The average Bonchev–Trinajstić information content (AvgIpc) is 2.96. The Morgan fingerprint density at radius 3 is 2.35 bits per heavy atom. The molecule has 1 aliphatic carbocycles. The standard InChI is InChI=1S/C11H11F3O2S/c1-7-2-3-9(17(15)16)8(6-7)10(4-5-10)11(12,13)14/h2-3,6H,4-5H2,1H3,(H,15,16). The summed E-state index contributed by atoms with van der Waals surface area (Å²) < 4.78 is 59.1. The fourth-order valence-electron chi connectivity index (χ4n) is 2.00. The van der Waals surface area contributed by atoms with Gasteiger partial charge in [-0.15, -0.1) is 0 Å².